The Bertz CT molecular complexity index is 604. The van der Waals surface area contributed by atoms with Crippen molar-refractivity contribution in [3.05, 3.63) is 35.0 Å². The highest BCUT2D eigenvalue weighted by Gasteiger charge is 2.38. The molecule has 2 aromatic heterocycles. The van der Waals surface area contributed by atoms with Gasteiger partial charge < -0.3 is 10.1 Å². The van der Waals surface area contributed by atoms with Crippen LogP contribution < -0.4 is 5.43 Å². The number of nitrogens with one attached hydrogen (secondary N) is 1. The van der Waals surface area contributed by atoms with Crippen LogP contribution in [-0.2, 0) is 4.79 Å². The lowest BCUT2D eigenvalue weighted by Crippen LogP contribution is -2.21. The topological polar surface area (TPSA) is 95.9 Å². The summed E-state index contributed by atoms with van der Waals surface area (Å²) >= 11 is 0. The van der Waals surface area contributed by atoms with E-state index in [0.29, 0.717) is 11.0 Å². The zero-order chi connectivity index (χ0) is 13.8. The molecule has 0 aliphatic rings. The van der Waals surface area contributed by atoms with E-state index in [9.17, 15) is 18.0 Å². The summed E-state index contributed by atoms with van der Waals surface area (Å²) in [7, 11) is 0. The lowest BCUT2D eigenvalue weighted by molar-refractivity contribution is -0.192. The SMILES string of the molecule is O=C(O)C(F)(F)F.O=c1cc[nH]c2ncncc12. The molecule has 0 amide bonds. The number of carboxylic acids is 1. The van der Waals surface area contributed by atoms with Crippen LogP contribution in [0.25, 0.3) is 11.0 Å². The molecule has 0 radical (unpaired) electrons. The molecule has 0 bridgehead atoms. The number of nitrogens with zero attached hydrogens (tertiary/aromatic N) is 2. The monoisotopic (exact) mass is 261 g/mol. The number of carbonyl (C=O) groups is 1. The van der Waals surface area contributed by atoms with Crippen LogP contribution in [0, 0.1) is 0 Å². The number of hydrogen-bond donors (Lipinski definition) is 2. The average Bonchev–Trinajstić information content (AvgIpc) is 2.29. The van der Waals surface area contributed by atoms with Gasteiger partial charge in [0.25, 0.3) is 0 Å². The van der Waals surface area contributed by atoms with Gasteiger partial charge in [-0.2, -0.15) is 13.2 Å². The maximum atomic E-state index is 11.1. The van der Waals surface area contributed by atoms with Gasteiger partial charge in [0, 0.05) is 18.5 Å². The van der Waals surface area contributed by atoms with Gasteiger partial charge in [-0.25, -0.2) is 14.8 Å². The van der Waals surface area contributed by atoms with Crippen molar-refractivity contribution >= 4 is 17.0 Å². The molecule has 6 nitrogen and oxygen atoms in total. The van der Waals surface area contributed by atoms with E-state index in [1.807, 2.05) is 0 Å². The van der Waals surface area contributed by atoms with Crippen molar-refractivity contribution in [2.24, 2.45) is 0 Å². The van der Waals surface area contributed by atoms with E-state index in [2.05, 4.69) is 15.0 Å². The molecule has 0 unspecified atom stereocenters. The Morgan fingerprint density at radius 1 is 1.39 bits per heavy atom. The second-order valence-electron chi connectivity index (χ2n) is 2.93. The largest absolute Gasteiger partial charge is 0.490 e. The van der Waals surface area contributed by atoms with E-state index in [4.69, 9.17) is 9.90 Å². The predicted octanol–water partition coefficient (Wildman–Crippen LogP) is 0.951. The molecule has 0 aromatic carbocycles. The van der Waals surface area contributed by atoms with E-state index < -0.39 is 12.1 Å². The van der Waals surface area contributed by atoms with Crippen molar-refractivity contribution in [3.8, 4) is 0 Å². The van der Waals surface area contributed by atoms with Crippen molar-refractivity contribution in [3.63, 3.8) is 0 Å². The standard InChI is InChI=1S/C7H5N3O.C2HF3O2/c11-6-1-2-9-7-5(6)3-8-4-10-7;3-2(4,5)1(6)7/h1-4H,(H,8,9,10,11);(H,6,7). The molecule has 2 rings (SSSR count). The molecule has 0 fully saturated rings. The fourth-order valence-corrected chi connectivity index (χ4v) is 0.911. The summed E-state index contributed by atoms with van der Waals surface area (Å²) in [5, 5.41) is 7.65. The van der Waals surface area contributed by atoms with E-state index in [-0.39, 0.29) is 5.43 Å². The van der Waals surface area contributed by atoms with Gasteiger partial charge >= 0.3 is 12.1 Å². The van der Waals surface area contributed by atoms with Crippen LogP contribution in [0.1, 0.15) is 0 Å². The average molecular weight is 261 g/mol. The fraction of sp³-hybridized carbons (Fsp3) is 0.111. The van der Waals surface area contributed by atoms with E-state index >= 15 is 0 Å². The molecule has 0 spiro atoms. The van der Waals surface area contributed by atoms with Crippen LogP contribution in [0.15, 0.2) is 29.6 Å². The quantitative estimate of drug-likeness (QED) is 0.736. The summed E-state index contributed by atoms with van der Waals surface area (Å²) in [5.74, 6) is -2.76. The molecular formula is C9H6F3N3O3. The normalized spacial score (nSPS) is 10.6. The number of fused-ring (bicyclic) bond motifs is 1. The summed E-state index contributed by atoms with van der Waals surface area (Å²) < 4.78 is 31.7. The second kappa shape index (κ2) is 5.25. The summed E-state index contributed by atoms with van der Waals surface area (Å²) in [5.41, 5.74) is 0.520. The predicted molar refractivity (Wildman–Crippen MR) is 53.8 cm³/mol. The van der Waals surface area contributed by atoms with E-state index in [1.165, 1.54) is 18.6 Å². The third-order valence-electron chi connectivity index (χ3n) is 1.67. The maximum Gasteiger partial charge on any atom is 0.490 e. The molecule has 0 aliphatic carbocycles. The van der Waals surface area contributed by atoms with Crippen molar-refractivity contribution in [2.45, 2.75) is 6.18 Å². The highest BCUT2D eigenvalue weighted by molar-refractivity contribution is 5.73. The van der Waals surface area contributed by atoms with Crippen molar-refractivity contribution in [1.29, 1.82) is 0 Å². The number of hydrogen-bond acceptors (Lipinski definition) is 4. The van der Waals surface area contributed by atoms with Crippen LogP contribution in [0.3, 0.4) is 0 Å². The van der Waals surface area contributed by atoms with Crippen molar-refractivity contribution in [1.82, 2.24) is 15.0 Å². The van der Waals surface area contributed by atoms with Gasteiger partial charge in [-0.05, 0) is 0 Å². The second-order valence-corrected chi connectivity index (χ2v) is 2.93. The minimum absolute atomic E-state index is 0.0562. The number of halogens is 3. The number of aromatic amines is 1. The molecule has 96 valence electrons. The first-order valence-corrected chi connectivity index (χ1v) is 4.40. The summed E-state index contributed by atoms with van der Waals surface area (Å²) in [6, 6.07) is 1.45. The Balaban J connectivity index is 0.000000203. The minimum atomic E-state index is -5.08. The highest BCUT2D eigenvalue weighted by Crippen LogP contribution is 2.13. The van der Waals surface area contributed by atoms with Gasteiger partial charge in [-0.1, -0.05) is 0 Å². The van der Waals surface area contributed by atoms with Crippen LogP contribution in [0.2, 0.25) is 0 Å². The zero-order valence-electron chi connectivity index (χ0n) is 8.60. The first-order chi connectivity index (χ1) is 8.32. The van der Waals surface area contributed by atoms with Crippen molar-refractivity contribution < 1.29 is 23.1 Å². The first-order valence-electron chi connectivity index (χ1n) is 4.40. The van der Waals surface area contributed by atoms with Crippen LogP contribution >= 0.6 is 0 Å². The maximum absolute atomic E-state index is 11.1. The highest BCUT2D eigenvalue weighted by atomic mass is 19.4. The number of pyridine rings is 1. The Hall–Kier alpha value is -2.45. The van der Waals surface area contributed by atoms with Crippen LogP contribution in [0.5, 0.6) is 0 Å². The van der Waals surface area contributed by atoms with E-state index in [1.54, 1.807) is 6.20 Å². The zero-order valence-corrected chi connectivity index (χ0v) is 8.60. The number of carboxylic acid groups (broad SMARTS) is 1. The summed E-state index contributed by atoms with van der Waals surface area (Å²) in [4.78, 5) is 30.4. The van der Waals surface area contributed by atoms with Gasteiger partial charge in [0.1, 0.15) is 12.0 Å². The lowest BCUT2D eigenvalue weighted by Gasteiger charge is -1.93. The molecule has 2 aromatic rings. The molecule has 0 aliphatic heterocycles. The van der Waals surface area contributed by atoms with Gasteiger partial charge in [0.2, 0.25) is 0 Å². The number of H-pyrrole nitrogens is 1. The molecule has 2 N–H and O–H groups in total. The lowest BCUT2D eigenvalue weighted by atomic mass is 10.3. The summed E-state index contributed by atoms with van der Waals surface area (Å²) in [6.45, 7) is 0. The van der Waals surface area contributed by atoms with Gasteiger partial charge in [0.15, 0.2) is 5.43 Å². The molecule has 18 heavy (non-hydrogen) atoms. The van der Waals surface area contributed by atoms with E-state index in [0.717, 1.165) is 0 Å². The molecule has 0 saturated carbocycles. The molecular weight excluding hydrogens is 255 g/mol. The summed E-state index contributed by atoms with van der Waals surface area (Å²) in [6.07, 6.45) is -0.614. The number of aliphatic carboxylic acids is 1. The molecule has 0 atom stereocenters. The molecule has 0 saturated heterocycles. The van der Waals surface area contributed by atoms with Crippen LogP contribution in [0.4, 0.5) is 13.2 Å². The fourth-order valence-electron chi connectivity index (χ4n) is 0.911. The Labute approximate surface area is 97.1 Å². The third kappa shape index (κ3) is 3.54. The third-order valence-corrected chi connectivity index (χ3v) is 1.67. The van der Waals surface area contributed by atoms with Gasteiger partial charge in [0.05, 0.1) is 5.39 Å². The van der Waals surface area contributed by atoms with Gasteiger partial charge in [-0.3, -0.25) is 4.79 Å². The first kappa shape index (κ1) is 13.6. The molecule has 2 heterocycles. The van der Waals surface area contributed by atoms with Crippen LogP contribution in [-0.4, -0.2) is 32.2 Å². The smallest absolute Gasteiger partial charge is 0.475 e. The number of rotatable bonds is 0. The Morgan fingerprint density at radius 3 is 2.50 bits per heavy atom. The Kier molecular flexibility index (Phi) is 3.97. The Morgan fingerprint density at radius 2 is 2.00 bits per heavy atom. The minimum Gasteiger partial charge on any atom is -0.475 e. The van der Waals surface area contributed by atoms with Crippen molar-refractivity contribution in [2.75, 3.05) is 0 Å². The molecule has 9 heteroatoms. The number of alkyl halides is 3. The van der Waals surface area contributed by atoms with Gasteiger partial charge in [-0.15, -0.1) is 0 Å². The number of aromatic nitrogens is 3.